The molecule has 0 bridgehead atoms. The highest BCUT2D eigenvalue weighted by molar-refractivity contribution is 5.79. The molecule has 0 unspecified atom stereocenters. The van der Waals surface area contributed by atoms with Crippen LogP contribution in [0.3, 0.4) is 0 Å². The molecule has 22 heteroatoms. The van der Waals surface area contributed by atoms with E-state index in [2.05, 4.69) is 54.5 Å². The molecule has 9 rings (SSSR count). The van der Waals surface area contributed by atoms with Crippen molar-refractivity contribution in [2.24, 2.45) is 56.7 Å². The van der Waals surface area contributed by atoms with E-state index in [9.17, 15) is 66.4 Å². The van der Waals surface area contributed by atoms with E-state index in [1.165, 1.54) is 5.57 Å². The van der Waals surface area contributed by atoms with Crippen LogP contribution in [0.2, 0.25) is 0 Å². The summed E-state index contributed by atoms with van der Waals surface area (Å²) in [7, 11) is 0. The maximum atomic E-state index is 15.1. The summed E-state index contributed by atoms with van der Waals surface area (Å²) in [6.07, 6.45) is -21.2. The molecule has 29 atom stereocenters. The van der Waals surface area contributed by atoms with Gasteiger partial charge in [-0.25, -0.2) is 0 Å². The van der Waals surface area contributed by atoms with Crippen molar-refractivity contribution in [3.63, 3.8) is 0 Å². The van der Waals surface area contributed by atoms with E-state index in [0.29, 0.717) is 25.7 Å². The van der Waals surface area contributed by atoms with Gasteiger partial charge in [-0.3, -0.25) is 4.79 Å². The molecular weight excluding hydrogens is 989 g/mol. The van der Waals surface area contributed by atoms with E-state index < -0.39 is 153 Å². The van der Waals surface area contributed by atoms with Crippen molar-refractivity contribution < 1.29 is 109 Å². The number of aliphatic hydroxyl groups excluding tert-OH is 13. The zero-order chi connectivity index (χ0) is 54.6. The van der Waals surface area contributed by atoms with Gasteiger partial charge in [-0.15, -0.1) is 0 Å². The zero-order valence-corrected chi connectivity index (χ0v) is 44.2. The quantitative estimate of drug-likeness (QED) is 0.0633. The van der Waals surface area contributed by atoms with Gasteiger partial charge in [0.1, 0.15) is 91.6 Å². The second-order valence-corrected chi connectivity index (χ2v) is 25.3. The van der Waals surface area contributed by atoms with Crippen molar-refractivity contribution in [1.29, 1.82) is 0 Å². The zero-order valence-electron chi connectivity index (χ0n) is 44.2. The van der Waals surface area contributed by atoms with Gasteiger partial charge in [0.25, 0.3) is 0 Å². The lowest BCUT2D eigenvalue weighted by molar-refractivity contribution is -0.357. The minimum atomic E-state index is -1.82. The molecule has 4 saturated carbocycles. The molecule has 5 aliphatic carbocycles. The maximum Gasteiger partial charge on any atom is 0.315 e. The summed E-state index contributed by atoms with van der Waals surface area (Å²) in [4.78, 5) is 15.1. The van der Waals surface area contributed by atoms with E-state index in [0.717, 1.165) is 32.1 Å². The minimum Gasteiger partial charge on any atom is -0.432 e. The minimum absolute atomic E-state index is 0.0701. The number of fused-ring (bicyclic) bond motifs is 7. The van der Waals surface area contributed by atoms with Gasteiger partial charge in [0.05, 0.1) is 37.9 Å². The second-order valence-electron chi connectivity index (χ2n) is 25.3. The molecule has 0 spiro atoms. The van der Waals surface area contributed by atoms with Crippen LogP contribution in [0.4, 0.5) is 0 Å². The number of hydrogen-bond donors (Lipinski definition) is 13. The maximum absolute atomic E-state index is 15.1. The van der Waals surface area contributed by atoms with Crippen molar-refractivity contribution in [2.75, 3.05) is 26.4 Å². The lowest BCUT2D eigenvalue weighted by Gasteiger charge is -2.71. The summed E-state index contributed by atoms with van der Waals surface area (Å²) in [6.45, 7) is 13.9. The van der Waals surface area contributed by atoms with Gasteiger partial charge in [-0.05, 0) is 109 Å². The fourth-order valence-corrected chi connectivity index (χ4v) is 16.4. The predicted octanol–water partition coefficient (Wildman–Crippen LogP) is -1.54. The van der Waals surface area contributed by atoms with Gasteiger partial charge >= 0.3 is 5.97 Å². The van der Waals surface area contributed by atoms with E-state index in [-0.39, 0.29) is 58.5 Å². The van der Waals surface area contributed by atoms with Crippen molar-refractivity contribution in [3.8, 4) is 0 Å². The molecule has 13 N–H and O–H groups in total. The Balaban J connectivity index is 0.905. The van der Waals surface area contributed by atoms with Crippen molar-refractivity contribution in [1.82, 2.24) is 0 Å². The lowest BCUT2D eigenvalue weighted by Crippen LogP contribution is -2.66. The average Bonchev–Trinajstić information content (AvgIpc) is 3.44. The summed E-state index contributed by atoms with van der Waals surface area (Å²) in [5.41, 5.74) is -0.823. The topological polar surface area (TPSA) is 354 Å². The summed E-state index contributed by atoms with van der Waals surface area (Å²) >= 11 is 0. The number of hydrogen-bond acceptors (Lipinski definition) is 22. The smallest absolute Gasteiger partial charge is 0.315 e. The van der Waals surface area contributed by atoms with Gasteiger partial charge in [0.15, 0.2) is 18.9 Å². The summed E-state index contributed by atoms with van der Waals surface area (Å²) in [5, 5.41) is 137. The van der Waals surface area contributed by atoms with Crippen molar-refractivity contribution >= 4 is 5.97 Å². The number of rotatable bonds is 11. The third-order valence-electron chi connectivity index (χ3n) is 21.4. The summed E-state index contributed by atoms with van der Waals surface area (Å²) in [5.74, 6) is -0.00547. The Morgan fingerprint density at radius 1 is 0.613 bits per heavy atom. The number of allylic oxidation sites excluding steroid dienone is 2. The first-order valence-corrected chi connectivity index (χ1v) is 27.3. The monoisotopic (exact) mass is 1070 g/mol. The highest BCUT2D eigenvalue weighted by Gasteiger charge is 2.70. The summed E-state index contributed by atoms with van der Waals surface area (Å²) < 4.78 is 47.2. The molecular formula is C53H86O22. The molecule has 4 saturated heterocycles. The Morgan fingerprint density at radius 3 is 1.84 bits per heavy atom. The Labute approximate surface area is 437 Å². The number of carbonyl (C=O) groups excluding carboxylic acids is 1. The molecule has 8 fully saturated rings. The molecule has 430 valence electrons. The van der Waals surface area contributed by atoms with Crippen LogP contribution in [0, 0.1) is 56.7 Å². The highest BCUT2D eigenvalue weighted by Crippen LogP contribution is 2.76. The third-order valence-corrected chi connectivity index (χ3v) is 21.4. The molecule has 0 radical (unpaired) electrons. The van der Waals surface area contributed by atoms with Gasteiger partial charge in [-0.2, -0.15) is 0 Å². The standard InChI is InChI=1S/C53H86O22/c1-22-10-15-53(48(67)75-47-41(65)38(62)35(59)28(72-47)21-69-44-39(63)36(60)33(57)26(18-54)70-44)17-16-51(6)24(32(53)23(22)2)8-9-30-50(5)13-12-31(49(3,4)29(50)11-14-52(30,51)7)73-45-42(66)43(25(56)20-68-45)74-46-40(64)37(61)34(58)27(19-55)71-46/h8,22-23,25-47,54-66H,9-21H2,1-7H3/t22-,23+,25+,26-,27-,28-,29+,30-,31+,32+,33-,34-,35-,36+,37+,38+,39-,40-,41-,42-,43+,44-,45+,46+,47+,50+,51-,52-,53+/m1/s1. The van der Waals surface area contributed by atoms with Gasteiger partial charge in [0.2, 0.25) is 6.29 Å². The molecule has 0 amide bonds. The number of esters is 1. The van der Waals surface area contributed by atoms with E-state index in [1.54, 1.807) is 0 Å². The van der Waals surface area contributed by atoms with Crippen LogP contribution < -0.4 is 0 Å². The third kappa shape index (κ3) is 9.40. The molecule has 4 heterocycles. The summed E-state index contributed by atoms with van der Waals surface area (Å²) in [6, 6.07) is 0. The van der Waals surface area contributed by atoms with Crippen LogP contribution in [0.25, 0.3) is 0 Å². The molecule has 9 aliphatic rings. The largest absolute Gasteiger partial charge is 0.432 e. The Hall–Kier alpha value is -1.59. The Morgan fingerprint density at radius 2 is 1.20 bits per heavy atom. The van der Waals surface area contributed by atoms with Crippen LogP contribution in [-0.2, 0) is 42.7 Å². The van der Waals surface area contributed by atoms with Crippen LogP contribution in [0.15, 0.2) is 11.6 Å². The van der Waals surface area contributed by atoms with Gasteiger partial charge < -0.3 is 104 Å². The average molecular weight is 1080 g/mol. The van der Waals surface area contributed by atoms with Gasteiger partial charge in [0, 0.05) is 0 Å². The predicted molar refractivity (Wildman–Crippen MR) is 257 cm³/mol. The van der Waals surface area contributed by atoms with E-state index >= 15 is 4.79 Å². The fourth-order valence-electron chi connectivity index (χ4n) is 16.4. The molecule has 22 nitrogen and oxygen atoms in total. The highest BCUT2D eigenvalue weighted by atomic mass is 16.8. The first-order chi connectivity index (χ1) is 35.2. The number of carbonyl (C=O) groups is 1. The van der Waals surface area contributed by atoms with Crippen molar-refractivity contribution in [3.05, 3.63) is 11.6 Å². The van der Waals surface area contributed by atoms with Crippen LogP contribution in [0.1, 0.15) is 106 Å². The molecule has 75 heavy (non-hydrogen) atoms. The lowest BCUT2D eigenvalue weighted by atomic mass is 9.33. The SMILES string of the molecule is C[C@H]1[C@H](C)CC[C@]2(C(=O)O[C@@H]3O[C@H](CO[C@@H]4O[C@H](CO)[C@@H](O)[C@H](O)[C@H]4O)[C@@H](O)[C@H](O)[C@H]3O)CC[C@]3(C)C(=CC[C@@H]4[C@@]5(C)CC[C@H](O[C@@H]6OC[C@H](O)[C@H](O[C@@H]7O[C@H](CO)[C@@H](O)[C@H](O)[C@H]7O)[C@H]6O)C(C)(C)[C@@H]5CC[C@]43C)[C@H]12. The normalized spacial score (nSPS) is 54.8. The first-order valence-electron chi connectivity index (χ1n) is 27.3. The molecule has 4 aliphatic heterocycles. The molecule has 0 aromatic heterocycles. The van der Waals surface area contributed by atoms with Crippen LogP contribution in [-0.4, -0.2) is 222 Å². The number of aliphatic hydroxyl groups is 13. The Kier molecular flexibility index (Phi) is 16.6. The molecule has 0 aromatic carbocycles. The van der Waals surface area contributed by atoms with Crippen molar-refractivity contribution in [2.45, 2.75) is 229 Å². The second kappa shape index (κ2) is 21.4. The number of ether oxygens (including phenoxy) is 8. The molecule has 0 aromatic rings. The van der Waals surface area contributed by atoms with Gasteiger partial charge in [-0.1, -0.05) is 60.1 Å². The van der Waals surface area contributed by atoms with Crippen LogP contribution in [0.5, 0.6) is 0 Å². The van der Waals surface area contributed by atoms with Crippen LogP contribution >= 0.6 is 0 Å². The van der Waals surface area contributed by atoms with E-state index in [4.69, 9.17) is 37.9 Å². The van der Waals surface area contributed by atoms with E-state index in [1.807, 2.05) is 0 Å². The fraction of sp³-hybridized carbons (Fsp3) is 0.943. The Bertz CT molecular complexity index is 2040. The first kappa shape index (κ1) is 58.1.